The van der Waals surface area contributed by atoms with Crippen molar-refractivity contribution >= 4 is 17.8 Å². The van der Waals surface area contributed by atoms with Crippen LogP contribution in [0.15, 0.2) is 53.7 Å². The van der Waals surface area contributed by atoms with Crippen LogP contribution in [-0.4, -0.2) is 6.21 Å². The molecule has 0 fully saturated rings. The predicted octanol–water partition coefficient (Wildman–Crippen LogP) is 4.45. The molecule has 2 aromatic rings. The summed E-state index contributed by atoms with van der Waals surface area (Å²) in [6, 6.07) is 15.8. The van der Waals surface area contributed by atoms with Gasteiger partial charge < -0.3 is 4.84 Å². The molecule has 0 heterocycles. The topological polar surface area (TPSA) is 21.6 Å². The van der Waals surface area contributed by atoms with E-state index < -0.39 is 0 Å². The first-order valence-electron chi connectivity index (χ1n) is 6.26. The Morgan fingerprint density at radius 2 is 1.89 bits per heavy atom. The number of aryl methyl sites for hydroxylation is 1. The first-order valence-corrected chi connectivity index (χ1v) is 6.64. The highest BCUT2D eigenvalue weighted by Gasteiger charge is 1.94. The fourth-order valence-corrected chi connectivity index (χ4v) is 1.94. The van der Waals surface area contributed by atoms with Gasteiger partial charge >= 0.3 is 0 Å². The van der Waals surface area contributed by atoms with Gasteiger partial charge in [0.25, 0.3) is 0 Å². The highest BCUT2D eigenvalue weighted by atomic mass is 35.5. The molecular weight excluding hydrogens is 258 g/mol. The first-order chi connectivity index (χ1) is 9.28. The summed E-state index contributed by atoms with van der Waals surface area (Å²) in [6.45, 7) is 2.55. The molecular formula is C16H16ClNO. The molecule has 0 amide bonds. The minimum Gasteiger partial charge on any atom is -0.391 e. The minimum atomic E-state index is 0.421. The average molecular weight is 274 g/mol. The van der Waals surface area contributed by atoms with Gasteiger partial charge in [-0.2, -0.15) is 0 Å². The number of hydrogen-bond acceptors (Lipinski definition) is 2. The van der Waals surface area contributed by atoms with Crippen molar-refractivity contribution in [3.05, 3.63) is 70.2 Å². The molecule has 0 N–H and O–H groups in total. The van der Waals surface area contributed by atoms with Gasteiger partial charge in [-0.3, -0.25) is 0 Å². The molecule has 3 heteroatoms. The zero-order valence-electron chi connectivity index (χ0n) is 10.8. The van der Waals surface area contributed by atoms with Gasteiger partial charge in [-0.25, -0.2) is 0 Å². The monoisotopic (exact) mass is 273 g/mol. The summed E-state index contributed by atoms with van der Waals surface area (Å²) < 4.78 is 0. The molecule has 0 aliphatic heterocycles. The van der Waals surface area contributed by atoms with Crippen molar-refractivity contribution in [3.63, 3.8) is 0 Å². The third-order valence-electron chi connectivity index (χ3n) is 2.76. The summed E-state index contributed by atoms with van der Waals surface area (Å²) in [7, 11) is 0. The standard InChI is InChI=1S/C16H16ClNO/c1-2-13-5-3-6-14(9-13)11-18-19-12-15-7-4-8-16(17)10-15/h3-11H,2,12H2,1H3. The second kappa shape index (κ2) is 6.95. The molecule has 0 saturated carbocycles. The molecule has 0 aliphatic carbocycles. The first kappa shape index (κ1) is 13.6. The molecule has 98 valence electrons. The van der Waals surface area contributed by atoms with Crippen LogP contribution in [0.5, 0.6) is 0 Å². The Morgan fingerprint density at radius 3 is 2.68 bits per heavy atom. The molecule has 2 aromatic carbocycles. The molecule has 0 aliphatic rings. The third-order valence-corrected chi connectivity index (χ3v) is 2.99. The van der Waals surface area contributed by atoms with E-state index in [2.05, 4.69) is 24.2 Å². The lowest BCUT2D eigenvalue weighted by Crippen LogP contribution is -1.89. The Kier molecular flexibility index (Phi) is 4.99. The van der Waals surface area contributed by atoms with Crippen LogP contribution in [0.4, 0.5) is 0 Å². The number of rotatable bonds is 5. The quantitative estimate of drug-likeness (QED) is 0.582. The number of hydrogen-bond donors (Lipinski definition) is 0. The fourth-order valence-electron chi connectivity index (χ4n) is 1.73. The number of benzene rings is 2. The van der Waals surface area contributed by atoms with Gasteiger partial charge in [0.05, 0.1) is 6.21 Å². The Morgan fingerprint density at radius 1 is 1.11 bits per heavy atom. The highest BCUT2D eigenvalue weighted by Crippen LogP contribution is 2.11. The molecule has 0 aromatic heterocycles. The second-order valence-corrected chi connectivity index (χ2v) is 4.67. The maximum Gasteiger partial charge on any atom is 0.142 e. The molecule has 2 nitrogen and oxygen atoms in total. The summed E-state index contributed by atoms with van der Waals surface area (Å²) in [6.07, 6.45) is 2.74. The molecule has 0 saturated heterocycles. The normalized spacial score (nSPS) is 10.8. The molecule has 19 heavy (non-hydrogen) atoms. The van der Waals surface area contributed by atoms with E-state index in [0.29, 0.717) is 11.6 Å². The van der Waals surface area contributed by atoms with Gasteiger partial charge in [0.15, 0.2) is 0 Å². The van der Waals surface area contributed by atoms with Crippen molar-refractivity contribution in [1.29, 1.82) is 0 Å². The van der Waals surface area contributed by atoms with Gasteiger partial charge in [-0.1, -0.05) is 60.1 Å². The van der Waals surface area contributed by atoms with Crippen LogP contribution in [0.2, 0.25) is 5.02 Å². The highest BCUT2D eigenvalue weighted by molar-refractivity contribution is 6.30. The van der Waals surface area contributed by atoms with E-state index in [9.17, 15) is 0 Å². The van der Waals surface area contributed by atoms with Crippen LogP contribution in [0, 0.1) is 0 Å². The van der Waals surface area contributed by atoms with Crippen LogP contribution in [0.3, 0.4) is 0 Å². The number of halogens is 1. The van der Waals surface area contributed by atoms with E-state index in [1.807, 2.05) is 36.4 Å². The van der Waals surface area contributed by atoms with Crippen molar-refractivity contribution < 1.29 is 4.84 Å². The molecule has 0 unspecified atom stereocenters. The minimum absolute atomic E-state index is 0.421. The summed E-state index contributed by atoms with van der Waals surface area (Å²) >= 11 is 5.89. The average Bonchev–Trinajstić information content (AvgIpc) is 2.44. The van der Waals surface area contributed by atoms with Crippen molar-refractivity contribution in [1.82, 2.24) is 0 Å². The molecule has 0 bridgehead atoms. The zero-order chi connectivity index (χ0) is 13.5. The van der Waals surface area contributed by atoms with E-state index in [-0.39, 0.29) is 0 Å². The van der Waals surface area contributed by atoms with Gasteiger partial charge in [0, 0.05) is 5.02 Å². The molecule has 0 radical (unpaired) electrons. The van der Waals surface area contributed by atoms with E-state index >= 15 is 0 Å². The maximum atomic E-state index is 5.89. The largest absolute Gasteiger partial charge is 0.391 e. The van der Waals surface area contributed by atoms with Gasteiger partial charge in [-0.05, 0) is 35.2 Å². The lowest BCUT2D eigenvalue weighted by molar-refractivity contribution is 0.132. The Labute approximate surface area is 118 Å². The summed E-state index contributed by atoms with van der Waals surface area (Å²) in [5.74, 6) is 0. The van der Waals surface area contributed by atoms with E-state index in [4.69, 9.17) is 16.4 Å². The lowest BCUT2D eigenvalue weighted by Gasteiger charge is -2.01. The summed E-state index contributed by atoms with van der Waals surface area (Å²) in [5, 5.41) is 4.68. The third kappa shape index (κ3) is 4.42. The van der Waals surface area contributed by atoms with Gasteiger partial charge in [0.1, 0.15) is 6.61 Å². The van der Waals surface area contributed by atoms with Crippen molar-refractivity contribution in [2.45, 2.75) is 20.0 Å². The number of nitrogens with zero attached hydrogens (tertiary/aromatic N) is 1. The van der Waals surface area contributed by atoms with Gasteiger partial charge in [-0.15, -0.1) is 0 Å². The van der Waals surface area contributed by atoms with Crippen LogP contribution < -0.4 is 0 Å². The Hall–Kier alpha value is -1.80. The van der Waals surface area contributed by atoms with E-state index in [1.54, 1.807) is 6.21 Å². The van der Waals surface area contributed by atoms with E-state index in [0.717, 1.165) is 17.5 Å². The van der Waals surface area contributed by atoms with Crippen molar-refractivity contribution in [3.8, 4) is 0 Å². The van der Waals surface area contributed by atoms with Crippen molar-refractivity contribution in [2.75, 3.05) is 0 Å². The smallest absolute Gasteiger partial charge is 0.142 e. The van der Waals surface area contributed by atoms with Crippen LogP contribution in [-0.2, 0) is 17.9 Å². The van der Waals surface area contributed by atoms with Gasteiger partial charge in [0.2, 0.25) is 0 Å². The Balaban J connectivity index is 1.89. The Bertz CT molecular complexity index is 566. The summed E-state index contributed by atoms with van der Waals surface area (Å²) in [4.78, 5) is 5.26. The van der Waals surface area contributed by atoms with Crippen LogP contribution in [0.25, 0.3) is 0 Å². The predicted molar refractivity (Wildman–Crippen MR) is 79.7 cm³/mol. The van der Waals surface area contributed by atoms with Crippen molar-refractivity contribution in [2.24, 2.45) is 5.16 Å². The number of oxime groups is 1. The summed E-state index contributed by atoms with van der Waals surface area (Å²) in [5.41, 5.74) is 3.34. The zero-order valence-corrected chi connectivity index (χ0v) is 11.6. The van der Waals surface area contributed by atoms with Crippen LogP contribution >= 0.6 is 11.6 Å². The van der Waals surface area contributed by atoms with E-state index in [1.165, 1.54) is 5.56 Å². The molecule has 0 atom stereocenters. The second-order valence-electron chi connectivity index (χ2n) is 4.24. The molecule has 2 rings (SSSR count). The maximum absolute atomic E-state index is 5.89. The lowest BCUT2D eigenvalue weighted by atomic mass is 10.1. The molecule has 0 spiro atoms. The van der Waals surface area contributed by atoms with Crippen LogP contribution in [0.1, 0.15) is 23.6 Å². The fraction of sp³-hybridized carbons (Fsp3) is 0.188. The SMILES string of the molecule is CCc1cccc(C=NOCc2cccc(Cl)c2)c1.